The van der Waals surface area contributed by atoms with Crippen molar-refractivity contribution in [3.8, 4) is 11.1 Å². The monoisotopic (exact) mass is 492 g/mol. The van der Waals surface area contributed by atoms with Crippen molar-refractivity contribution in [3.05, 3.63) is 59.7 Å². The Morgan fingerprint density at radius 2 is 1.66 bits per heavy atom. The lowest BCUT2D eigenvalue weighted by Crippen LogP contribution is -2.53. The topological polar surface area (TPSA) is 114 Å². The van der Waals surface area contributed by atoms with Crippen LogP contribution in [0, 0.1) is 0 Å². The number of hydrogen-bond acceptors (Lipinski definition) is 5. The van der Waals surface area contributed by atoms with Crippen molar-refractivity contribution in [3.63, 3.8) is 0 Å². The summed E-state index contributed by atoms with van der Waals surface area (Å²) in [5.74, 6) is -3.05. The van der Waals surface area contributed by atoms with Gasteiger partial charge in [-0.15, -0.1) is 0 Å². The van der Waals surface area contributed by atoms with Gasteiger partial charge in [-0.1, -0.05) is 48.5 Å². The fourth-order valence-corrected chi connectivity index (χ4v) is 4.47. The molecule has 2 amide bonds. The Morgan fingerprint density at radius 3 is 2.23 bits per heavy atom. The molecule has 3 N–H and O–H groups in total. The van der Waals surface area contributed by atoms with Gasteiger partial charge in [0.05, 0.1) is 12.5 Å². The summed E-state index contributed by atoms with van der Waals surface area (Å²) in [4.78, 5) is 36.1. The summed E-state index contributed by atoms with van der Waals surface area (Å²) < 4.78 is 48.6. The number of amides is 2. The van der Waals surface area contributed by atoms with E-state index in [9.17, 15) is 27.6 Å². The predicted octanol–water partition coefficient (Wildman–Crippen LogP) is 3.20. The summed E-state index contributed by atoms with van der Waals surface area (Å²) in [6.45, 7) is 0.0976. The number of carbonyl (C=O) groups is 3. The molecule has 0 radical (unpaired) electrons. The van der Waals surface area contributed by atoms with E-state index in [0.29, 0.717) is 0 Å². The van der Waals surface area contributed by atoms with Gasteiger partial charge in [-0.25, -0.2) is 9.59 Å². The van der Waals surface area contributed by atoms with Crippen LogP contribution < -0.4 is 10.6 Å². The van der Waals surface area contributed by atoms with Crippen LogP contribution >= 0.6 is 0 Å². The first-order valence-corrected chi connectivity index (χ1v) is 11.0. The Hall–Kier alpha value is -3.60. The molecule has 1 aliphatic carbocycles. The summed E-state index contributed by atoms with van der Waals surface area (Å²) in [7, 11) is 0. The van der Waals surface area contributed by atoms with Gasteiger partial charge < -0.3 is 25.2 Å². The van der Waals surface area contributed by atoms with E-state index in [2.05, 4.69) is 5.32 Å². The molecule has 186 valence electrons. The van der Waals surface area contributed by atoms with Crippen molar-refractivity contribution in [1.82, 2.24) is 10.6 Å². The third-order valence-corrected chi connectivity index (χ3v) is 6.05. The number of fused-ring (bicyclic) bond motifs is 3. The number of carboxylic acid groups (broad SMARTS) is 1. The van der Waals surface area contributed by atoms with Gasteiger partial charge in [0.25, 0.3) is 5.91 Å². The molecule has 11 heteroatoms. The maximum atomic E-state index is 12.6. The average Bonchev–Trinajstić information content (AvgIpc) is 3.39. The first-order chi connectivity index (χ1) is 16.6. The van der Waals surface area contributed by atoms with Gasteiger partial charge in [-0.05, 0) is 28.7 Å². The molecular formula is C24H23F3N2O6. The van der Waals surface area contributed by atoms with Crippen LogP contribution in [0.15, 0.2) is 48.5 Å². The van der Waals surface area contributed by atoms with Gasteiger partial charge in [-0.3, -0.25) is 4.79 Å². The number of alkyl carbamates (subject to hydrolysis) is 1. The fraction of sp³-hybridized carbons (Fsp3) is 0.375. The molecule has 3 unspecified atom stereocenters. The Kier molecular flexibility index (Phi) is 6.97. The highest BCUT2D eigenvalue weighted by Crippen LogP contribution is 2.44. The largest absolute Gasteiger partial charge is 0.480 e. The van der Waals surface area contributed by atoms with E-state index < -0.39 is 48.8 Å². The molecule has 3 atom stereocenters. The number of halogens is 3. The van der Waals surface area contributed by atoms with E-state index >= 15 is 0 Å². The molecule has 0 spiro atoms. The number of hydrogen-bond donors (Lipinski definition) is 3. The highest BCUT2D eigenvalue weighted by atomic mass is 19.4. The minimum absolute atomic E-state index is 0.0387. The number of rotatable bonds is 7. The van der Waals surface area contributed by atoms with Crippen LogP contribution in [0.25, 0.3) is 11.1 Å². The number of ether oxygens (including phenoxy) is 2. The second-order valence-electron chi connectivity index (χ2n) is 8.38. The lowest BCUT2D eigenvalue weighted by molar-refractivity contribution is -0.161. The summed E-state index contributed by atoms with van der Waals surface area (Å²) in [6, 6.07) is 12.5. The van der Waals surface area contributed by atoms with E-state index in [1.165, 1.54) is 0 Å². The zero-order valence-corrected chi connectivity index (χ0v) is 18.4. The number of alkyl halides is 3. The van der Waals surface area contributed by atoms with Gasteiger partial charge in [0.2, 0.25) is 0 Å². The van der Waals surface area contributed by atoms with Gasteiger partial charge in [0.15, 0.2) is 6.10 Å². The van der Waals surface area contributed by atoms with Crippen molar-refractivity contribution in [2.24, 2.45) is 0 Å². The lowest BCUT2D eigenvalue weighted by Gasteiger charge is -2.22. The van der Waals surface area contributed by atoms with E-state index in [0.717, 1.165) is 22.3 Å². The molecule has 2 aromatic rings. The molecule has 35 heavy (non-hydrogen) atoms. The van der Waals surface area contributed by atoms with E-state index in [1.807, 2.05) is 53.8 Å². The van der Waals surface area contributed by atoms with Crippen molar-refractivity contribution in [2.45, 2.75) is 43.1 Å². The molecule has 0 bridgehead atoms. The first-order valence-electron chi connectivity index (χ1n) is 11.0. The highest BCUT2D eigenvalue weighted by Gasteiger charge is 2.41. The average molecular weight is 492 g/mol. The molecule has 0 aromatic heterocycles. The maximum absolute atomic E-state index is 12.6. The van der Waals surface area contributed by atoms with Gasteiger partial charge >= 0.3 is 18.2 Å². The number of carboxylic acids is 1. The van der Waals surface area contributed by atoms with Crippen LogP contribution in [-0.2, 0) is 19.1 Å². The van der Waals surface area contributed by atoms with Gasteiger partial charge in [0, 0.05) is 12.5 Å². The molecule has 2 aromatic carbocycles. The number of carbonyl (C=O) groups excluding carboxylic acids is 2. The normalized spacial score (nSPS) is 20.0. The minimum atomic E-state index is -4.79. The molecule has 1 aliphatic heterocycles. The molecule has 4 rings (SSSR count). The molecule has 1 fully saturated rings. The molecule has 1 saturated heterocycles. The van der Waals surface area contributed by atoms with Crippen molar-refractivity contribution in [1.29, 1.82) is 0 Å². The van der Waals surface area contributed by atoms with Crippen LogP contribution in [0.2, 0.25) is 0 Å². The fourth-order valence-electron chi connectivity index (χ4n) is 4.47. The predicted molar refractivity (Wildman–Crippen MR) is 117 cm³/mol. The summed E-state index contributed by atoms with van der Waals surface area (Å²) in [6.07, 6.45) is -8.47. The lowest BCUT2D eigenvalue weighted by atomic mass is 9.98. The summed E-state index contributed by atoms with van der Waals surface area (Å²) >= 11 is 0. The molecule has 8 nitrogen and oxygen atoms in total. The zero-order valence-electron chi connectivity index (χ0n) is 18.4. The molecule has 0 saturated carbocycles. The number of benzene rings is 2. The van der Waals surface area contributed by atoms with Crippen LogP contribution in [-0.4, -0.2) is 60.7 Å². The summed E-state index contributed by atoms with van der Waals surface area (Å²) in [5.41, 5.74) is 4.16. The van der Waals surface area contributed by atoms with Crippen molar-refractivity contribution < 1.29 is 42.1 Å². The van der Waals surface area contributed by atoms with Gasteiger partial charge in [-0.2, -0.15) is 13.2 Å². The van der Waals surface area contributed by atoms with E-state index in [-0.39, 0.29) is 25.6 Å². The SMILES string of the molecule is O=C(NC1CCOC1C(=O)NC(CC(F)(F)F)C(=O)O)OCC1c2ccccc2-c2ccccc21. The number of nitrogens with one attached hydrogen (secondary N) is 2. The standard InChI is InChI=1S/C24H23F3N2O6/c25-24(26,27)11-19(22(31)32)28-21(30)20-18(9-10-34-20)29-23(33)35-12-17-15-7-3-1-5-13(15)14-6-2-4-8-16(14)17/h1-8,17-20H,9-12H2,(H,28,30)(H,29,33)(H,31,32). The molecule has 2 aliphatic rings. The Morgan fingerprint density at radius 1 is 1.06 bits per heavy atom. The second-order valence-corrected chi connectivity index (χ2v) is 8.38. The maximum Gasteiger partial charge on any atom is 0.407 e. The van der Waals surface area contributed by atoms with E-state index in [4.69, 9.17) is 14.6 Å². The van der Waals surface area contributed by atoms with Crippen LogP contribution in [0.4, 0.5) is 18.0 Å². The van der Waals surface area contributed by atoms with Crippen molar-refractivity contribution in [2.75, 3.05) is 13.2 Å². The molecule has 1 heterocycles. The quantitative estimate of drug-likeness (QED) is 0.547. The smallest absolute Gasteiger partial charge is 0.407 e. The van der Waals surface area contributed by atoms with E-state index in [1.54, 1.807) is 0 Å². The van der Waals surface area contributed by atoms with Gasteiger partial charge in [0.1, 0.15) is 12.6 Å². The third kappa shape index (κ3) is 5.56. The Bertz CT molecular complexity index is 1080. The number of aliphatic carboxylic acids is 1. The Labute approximate surface area is 198 Å². The third-order valence-electron chi connectivity index (χ3n) is 6.05. The molecular weight excluding hydrogens is 469 g/mol. The van der Waals surface area contributed by atoms with Crippen LogP contribution in [0.3, 0.4) is 0 Å². The van der Waals surface area contributed by atoms with Crippen molar-refractivity contribution >= 4 is 18.0 Å². The second kappa shape index (κ2) is 9.95. The highest BCUT2D eigenvalue weighted by molar-refractivity contribution is 5.87. The Balaban J connectivity index is 1.36. The summed E-state index contributed by atoms with van der Waals surface area (Å²) in [5, 5.41) is 13.4. The van der Waals surface area contributed by atoms with Crippen LogP contribution in [0.1, 0.15) is 29.9 Å². The first kappa shape index (κ1) is 24.5. The van der Waals surface area contributed by atoms with Crippen LogP contribution in [0.5, 0.6) is 0 Å². The zero-order chi connectivity index (χ0) is 25.2. The minimum Gasteiger partial charge on any atom is -0.480 e.